The van der Waals surface area contributed by atoms with Gasteiger partial charge >= 0.3 is 0 Å². The van der Waals surface area contributed by atoms with Crippen LogP contribution in [0.1, 0.15) is 24.8 Å². The topological polar surface area (TPSA) is 19.0 Å². The van der Waals surface area contributed by atoms with Crippen LogP contribution < -0.4 is 0 Å². The van der Waals surface area contributed by atoms with E-state index in [4.69, 9.17) is 0 Å². The van der Waals surface area contributed by atoms with Crippen molar-refractivity contribution in [3.8, 4) is 10.4 Å². The van der Waals surface area contributed by atoms with Gasteiger partial charge in [-0.25, -0.2) is 0 Å². The van der Waals surface area contributed by atoms with Crippen LogP contribution >= 0.6 is 11.3 Å². The highest BCUT2D eigenvalue weighted by Crippen LogP contribution is 2.36. The SMILES string of the molecule is C1=C(c2c[nH]c3ccc(-c4cccs4)cc23)C[C@H]2CCCN2C1. The molecule has 1 fully saturated rings. The molecule has 2 aliphatic rings. The molecule has 23 heavy (non-hydrogen) atoms. The molecule has 3 aromatic rings. The minimum atomic E-state index is 0.764. The standard InChI is InChI=1S/C20H20N2S/c1-3-16-11-14(7-9-22(16)8-1)18-13-21-19-6-5-15(12-17(18)19)20-4-2-10-23-20/h2,4-7,10,12-13,16,21H,1,3,8-9,11H2/t16-/m1/s1. The molecule has 1 saturated heterocycles. The molecule has 0 amide bonds. The Hall–Kier alpha value is -1.84. The van der Waals surface area contributed by atoms with Crippen molar-refractivity contribution in [3.05, 3.63) is 53.5 Å². The van der Waals surface area contributed by atoms with E-state index in [2.05, 4.69) is 57.9 Å². The summed E-state index contributed by atoms with van der Waals surface area (Å²) in [5.74, 6) is 0. The molecule has 2 nitrogen and oxygen atoms in total. The van der Waals surface area contributed by atoms with E-state index in [-0.39, 0.29) is 0 Å². The molecule has 3 heteroatoms. The van der Waals surface area contributed by atoms with Crippen LogP contribution in [0.3, 0.4) is 0 Å². The summed E-state index contributed by atoms with van der Waals surface area (Å²) in [6.45, 7) is 2.40. The fourth-order valence-electron chi connectivity index (χ4n) is 4.13. The van der Waals surface area contributed by atoms with E-state index in [9.17, 15) is 0 Å². The zero-order valence-electron chi connectivity index (χ0n) is 13.1. The normalized spacial score (nSPS) is 21.6. The van der Waals surface area contributed by atoms with Gasteiger partial charge in [0.25, 0.3) is 0 Å². The Kier molecular flexibility index (Phi) is 3.17. The first-order valence-corrected chi connectivity index (χ1v) is 9.35. The Balaban J connectivity index is 1.58. The third kappa shape index (κ3) is 2.27. The Morgan fingerprint density at radius 1 is 1.22 bits per heavy atom. The van der Waals surface area contributed by atoms with Crippen molar-refractivity contribution in [2.75, 3.05) is 13.1 Å². The van der Waals surface area contributed by atoms with E-state index >= 15 is 0 Å². The highest BCUT2D eigenvalue weighted by atomic mass is 32.1. The molecular weight excluding hydrogens is 300 g/mol. The van der Waals surface area contributed by atoms with Gasteiger partial charge in [-0.3, -0.25) is 4.90 Å². The minimum absolute atomic E-state index is 0.764. The smallest absolute Gasteiger partial charge is 0.0460 e. The molecular formula is C20H20N2S. The van der Waals surface area contributed by atoms with Crippen molar-refractivity contribution in [2.24, 2.45) is 0 Å². The summed E-state index contributed by atoms with van der Waals surface area (Å²) in [5.41, 5.74) is 5.51. The van der Waals surface area contributed by atoms with Crippen LogP contribution in [0.4, 0.5) is 0 Å². The van der Waals surface area contributed by atoms with Crippen LogP contribution in [0.2, 0.25) is 0 Å². The van der Waals surface area contributed by atoms with Gasteiger partial charge in [0, 0.05) is 40.1 Å². The second kappa shape index (κ2) is 5.36. The summed E-state index contributed by atoms with van der Waals surface area (Å²) in [6, 6.07) is 11.9. The molecule has 1 atom stereocenters. The summed E-state index contributed by atoms with van der Waals surface area (Å²) in [5, 5.41) is 3.52. The lowest BCUT2D eigenvalue weighted by atomic mass is 9.93. The highest BCUT2D eigenvalue weighted by Gasteiger charge is 2.28. The molecule has 0 unspecified atom stereocenters. The number of nitrogens with zero attached hydrogens (tertiary/aromatic N) is 1. The van der Waals surface area contributed by atoms with Crippen molar-refractivity contribution in [1.82, 2.24) is 9.88 Å². The average molecular weight is 320 g/mol. The van der Waals surface area contributed by atoms with Gasteiger partial charge in [0.05, 0.1) is 0 Å². The van der Waals surface area contributed by atoms with Gasteiger partial charge in [-0.15, -0.1) is 11.3 Å². The molecule has 0 aliphatic carbocycles. The number of benzene rings is 1. The van der Waals surface area contributed by atoms with Crippen LogP contribution in [0.5, 0.6) is 0 Å². The minimum Gasteiger partial charge on any atom is -0.361 e. The molecule has 2 aromatic heterocycles. The number of H-pyrrole nitrogens is 1. The van der Waals surface area contributed by atoms with E-state index in [0.29, 0.717) is 0 Å². The Labute approximate surface area is 140 Å². The van der Waals surface area contributed by atoms with E-state index in [1.54, 1.807) is 0 Å². The first-order chi connectivity index (χ1) is 11.4. The first kappa shape index (κ1) is 13.6. The van der Waals surface area contributed by atoms with E-state index in [1.165, 1.54) is 58.3 Å². The maximum atomic E-state index is 3.47. The van der Waals surface area contributed by atoms with Gasteiger partial charge in [0.15, 0.2) is 0 Å². The fraction of sp³-hybridized carbons (Fsp3) is 0.300. The molecule has 1 N–H and O–H groups in total. The summed E-state index contributed by atoms with van der Waals surface area (Å²) in [7, 11) is 0. The lowest BCUT2D eigenvalue weighted by molar-refractivity contribution is 0.275. The van der Waals surface area contributed by atoms with Crippen LogP contribution in [0.15, 0.2) is 48.0 Å². The Morgan fingerprint density at radius 2 is 2.22 bits per heavy atom. The molecule has 0 saturated carbocycles. The zero-order chi connectivity index (χ0) is 15.2. The summed E-state index contributed by atoms with van der Waals surface area (Å²) in [4.78, 5) is 7.45. The van der Waals surface area contributed by atoms with Gasteiger partial charge in [0.2, 0.25) is 0 Å². The maximum Gasteiger partial charge on any atom is 0.0460 e. The molecule has 2 aliphatic heterocycles. The molecule has 5 rings (SSSR count). The number of aromatic nitrogens is 1. The summed E-state index contributed by atoms with van der Waals surface area (Å²) < 4.78 is 0. The van der Waals surface area contributed by atoms with Crippen LogP contribution in [-0.4, -0.2) is 29.0 Å². The number of aromatic amines is 1. The van der Waals surface area contributed by atoms with Gasteiger partial charge < -0.3 is 4.98 Å². The lowest BCUT2D eigenvalue weighted by Gasteiger charge is -2.29. The number of thiophene rings is 1. The molecule has 0 radical (unpaired) electrons. The average Bonchev–Trinajstić information content (AvgIpc) is 3.32. The van der Waals surface area contributed by atoms with Crippen LogP contribution in [-0.2, 0) is 0 Å². The second-order valence-corrected chi connectivity index (χ2v) is 7.61. The first-order valence-electron chi connectivity index (χ1n) is 8.47. The number of nitrogens with one attached hydrogen (secondary N) is 1. The van der Waals surface area contributed by atoms with Crippen LogP contribution in [0, 0.1) is 0 Å². The zero-order valence-corrected chi connectivity index (χ0v) is 13.9. The van der Waals surface area contributed by atoms with Gasteiger partial charge in [-0.05, 0) is 60.5 Å². The molecule has 116 valence electrons. The maximum absolute atomic E-state index is 3.47. The van der Waals surface area contributed by atoms with Crippen molar-refractivity contribution in [1.29, 1.82) is 0 Å². The van der Waals surface area contributed by atoms with Crippen LogP contribution in [0.25, 0.3) is 26.9 Å². The van der Waals surface area contributed by atoms with E-state index < -0.39 is 0 Å². The Bertz CT molecular complexity index is 872. The summed E-state index contributed by atoms with van der Waals surface area (Å²) in [6.07, 6.45) is 8.58. The molecule has 0 bridgehead atoms. The quantitative estimate of drug-likeness (QED) is 0.692. The number of rotatable bonds is 2. The summed E-state index contributed by atoms with van der Waals surface area (Å²) >= 11 is 1.81. The Morgan fingerprint density at radius 3 is 3.13 bits per heavy atom. The third-order valence-electron chi connectivity index (χ3n) is 5.36. The second-order valence-electron chi connectivity index (χ2n) is 6.66. The fourth-order valence-corrected chi connectivity index (χ4v) is 4.86. The number of hydrogen-bond donors (Lipinski definition) is 1. The van der Waals surface area contributed by atoms with Gasteiger partial charge in [0.1, 0.15) is 0 Å². The molecule has 4 heterocycles. The van der Waals surface area contributed by atoms with Gasteiger partial charge in [-0.1, -0.05) is 18.2 Å². The van der Waals surface area contributed by atoms with Crippen molar-refractivity contribution >= 4 is 27.8 Å². The van der Waals surface area contributed by atoms with Crippen molar-refractivity contribution in [3.63, 3.8) is 0 Å². The third-order valence-corrected chi connectivity index (χ3v) is 6.28. The number of hydrogen-bond acceptors (Lipinski definition) is 2. The largest absolute Gasteiger partial charge is 0.361 e. The predicted molar refractivity (Wildman–Crippen MR) is 98.8 cm³/mol. The van der Waals surface area contributed by atoms with Crippen molar-refractivity contribution < 1.29 is 0 Å². The van der Waals surface area contributed by atoms with Crippen molar-refractivity contribution in [2.45, 2.75) is 25.3 Å². The van der Waals surface area contributed by atoms with E-state index in [1.807, 2.05) is 11.3 Å². The van der Waals surface area contributed by atoms with E-state index in [0.717, 1.165) is 12.6 Å². The monoisotopic (exact) mass is 320 g/mol. The molecule has 0 spiro atoms. The molecule has 1 aromatic carbocycles. The number of fused-ring (bicyclic) bond motifs is 2. The van der Waals surface area contributed by atoms with Gasteiger partial charge in [-0.2, -0.15) is 0 Å². The highest BCUT2D eigenvalue weighted by molar-refractivity contribution is 7.13. The lowest BCUT2D eigenvalue weighted by Crippen LogP contribution is -2.32. The predicted octanol–water partition coefficient (Wildman–Crippen LogP) is 5.15.